The molecule has 0 aromatic rings. The van der Waals surface area contributed by atoms with Crippen molar-refractivity contribution in [1.29, 1.82) is 0 Å². The van der Waals surface area contributed by atoms with Crippen molar-refractivity contribution in [1.82, 2.24) is 4.90 Å². The maximum Gasteiger partial charge on any atom is 0.159 e. The second-order valence-electron chi connectivity index (χ2n) is 6.60. The molecule has 0 radical (unpaired) electrons. The number of aliphatic hydroxyl groups is 1. The molecule has 4 unspecified atom stereocenters. The summed E-state index contributed by atoms with van der Waals surface area (Å²) in [5, 5.41) is 10.6. The summed E-state index contributed by atoms with van der Waals surface area (Å²) in [6, 6.07) is 0. The first-order valence-electron chi connectivity index (χ1n) is 7.54. The standard InChI is InChI=1S/C16H21NO2/c1-10-8-14-16-5-3-7-17(14)6-2-4-11(16)13(18)9-12(16)15(10)19/h4,8,10,12,15,19H,2-3,5-7,9H2,1H3. The average Bonchev–Trinajstić information content (AvgIpc) is 2.62. The van der Waals surface area contributed by atoms with E-state index in [0.717, 1.165) is 37.9 Å². The Morgan fingerprint density at radius 2 is 2.26 bits per heavy atom. The molecule has 4 atom stereocenters. The van der Waals surface area contributed by atoms with Crippen molar-refractivity contribution >= 4 is 5.78 Å². The molecule has 1 saturated heterocycles. The van der Waals surface area contributed by atoms with Gasteiger partial charge in [-0.1, -0.05) is 19.1 Å². The van der Waals surface area contributed by atoms with Crippen LogP contribution < -0.4 is 0 Å². The summed E-state index contributed by atoms with van der Waals surface area (Å²) in [5.74, 6) is 0.564. The number of ketones is 1. The Morgan fingerprint density at radius 1 is 1.42 bits per heavy atom. The fourth-order valence-corrected chi connectivity index (χ4v) is 4.93. The third kappa shape index (κ3) is 1.29. The van der Waals surface area contributed by atoms with Crippen LogP contribution in [0.5, 0.6) is 0 Å². The number of Topliss-reactive ketones (excluding diaryl/α,β-unsaturated/α-hetero) is 1. The van der Waals surface area contributed by atoms with Gasteiger partial charge in [-0.2, -0.15) is 0 Å². The van der Waals surface area contributed by atoms with Gasteiger partial charge in [-0.25, -0.2) is 0 Å². The molecule has 102 valence electrons. The third-order valence-electron chi connectivity index (χ3n) is 5.74. The molecule has 2 fully saturated rings. The number of carbonyl (C=O) groups is 1. The third-order valence-corrected chi connectivity index (χ3v) is 5.74. The van der Waals surface area contributed by atoms with Crippen LogP contribution in [0.3, 0.4) is 0 Å². The van der Waals surface area contributed by atoms with Crippen LogP contribution in [0.15, 0.2) is 23.4 Å². The van der Waals surface area contributed by atoms with Crippen molar-refractivity contribution in [2.75, 3.05) is 13.1 Å². The monoisotopic (exact) mass is 259 g/mol. The largest absolute Gasteiger partial charge is 0.392 e. The molecule has 3 nitrogen and oxygen atoms in total. The number of allylic oxidation sites excluding steroid dienone is 1. The number of carbonyl (C=O) groups excluding carboxylic acids is 1. The summed E-state index contributed by atoms with van der Waals surface area (Å²) in [6.45, 7) is 4.22. The molecule has 2 heterocycles. The molecule has 0 aromatic carbocycles. The Labute approximate surface area is 114 Å². The quantitative estimate of drug-likeness (QED) is 0.722. The van der Waals surface area contributed by atoms with Crippen molar-refractivity contribution < 1.29 is 9.90 Å². The maximum absolute atomic E-state index is 12.4. The minimum atomic E-state index is -0.364. The normalized spacial score (nSPS) is 44.4. The zero-order chi connectivity index (χ0) is 13.2. The predicted molar refractivity (Wildman–Crippen MR) is 72.3 cm³/mol. The maximum atomic E-state index is 12.4. The van der Waals surface area contributed by atoms with Gasteiger partial charge in [0.2, 0.25) is 0 Å². The molecule has 2 bridgehead atoms. The molecular weight excluding hydrogens is 238 g/mol. The van der Waals surface area contributed by atoms with E-state index >= 15 is 0 Å². The highest BCUT2D eigenvalue weighted by Gasteiger charge is 2.60. The van der Waals surface area contributed by atoms with Crippen LogP contribution in [0.4, 0.5) is 0 Å². The lowest BCUT2D eigenvalue weighted by molar-refractivity contribution is -0.115. The molecular formula is C16H21NO2. The number of aliphatic hydroxyl groups excluding tert-OH is 1. The van der Waals surface area contributed by atoms with Gasteiger partial charge in [-0.15, -0.1) is 0 Å². The summed E-state index contributed by atoms with van der Waals surface area (Å²) < 4.78 is 0. The number of hydrogen-bond acceptors (Lipinski definition) is 3. The Balaban J connectivity index is 1.97. The topological polar surface area (TPSA) is 40.5 Å². The summed E-state index contributed by atoms with van der Waals surface area (Å²) in [6.07, 6.45) is 7.75. The van der Waals surface area contributed by atoms with Crippen LogP contribution in [-0.2, 0) is 4.79 Å². The van der Waals surface area contributed by atoms with Gasteiger partial charge in [0.25, 0.3) is 0 Å². The minimum Gasteiger partial charge on any atom is -0.392 e. The van der Waals surface area contributed by atoms with E-state index < -0.39 is 0 Å². The molecule has 4 aliphatic rings. The van der Waals surface area contributed by atoms with Crippen molar-refractivity contribution in [2.24, 2.45) is 17.3 Å². The van der Waals surface area contributed by atoms with Crippen molar-refractivity contribution in [2.45, 2.75) is 38.7 Å². The molecule has 19 heavy (non-hydrogen) atoms. The molecule has 4 rings (SSSR count). The lowest BCUT2D eigenvalue weighted by atomic mass is 9.60. The van der Waals surface area contributed by atoms with Crippen molar-refractivity contribution in [3.63, 3.8) is 0 Å². The SMILES string of the molecule is CC1C=C2N3CCC=C4C(=O)CC(C1O)C42CCC3. The Bertz CT molecular complexity index is 507. The summed E-state index contributed by atoms with van der Waals surface area (Å²) in [4.78, 5) is 14.9. The molecule has 0 aromatic heterocycles. The molecule has 2 aliphatic heterocycles. The van der Waals surface area contributed by atoms with Gasteiger partial charge in [0.05, 0.1) is 6.10 Å². The van der Waals surface area contributed by atoms with Crippen LogP contribution in [0, 0.1) is 17.3 Å². The van der Waals surface area contributed by atoms with Crippen molar-refractivity contribution in [3.8, 4) is 0 Å². The average molecular weight is 259 g/mol. The van der Waals surface area contributed by atoms with Crippen LogP contribution in [0.2, 0.25) is 0 Å². The summed E-state index contributed by atoms with van der Waals surface area (Å²) >= 11 is 0. The second kappa shape index (κ2) is 3.72. The van der Waals surface area contributed by atoms with E-state index in [1.165, 1.54) is 5.70 Å². The van der Waals surface area contributed by atoms with Crippen LogP contribution in [-0.4, -0.2) is 35.0 Å². The van der Waals surface area contributed by atoms with Gasteiger partial charge >= 0.3 is 0 Å². The number of nitrogens with zero attached hydrogens (tertiary/aromatic N) is 1. The Kier molecular flexibility index (Phi) is 2.29. The lowest BCUT2D eigenvalue weighted by Crippen LogP contribution is -2.50. The van der Waals surface area contributed by atoms with Crippen molar-refractivity contribution in [3.05, 3.63) is 23.4 Å². The van der Waals surface area contributed by atoms with Crippen LogP contribution in [0.25, 0.3) is 0 Å². The summed E-state index contributed by atoms with van der Waals surface area (Å²) in [5.41, 5.74) is 2.24. The smallest absolute Gasteiger partial charge is 0.159 e. The zero-order valence-corrected chi connectivity index (χ0v) is 11.4. The lowest BCUT2D eigenvalue weighted by Gasteiger charge is -2.51. The fourth-order valence-electron chi connectivity index (χ4n) is 4.93. The van der Waals surface area contributed by atoms with E-state index in [2.05, 4.69) is 24.0 Å². The Morgan fingerprint density at radius 3 is 3.11 bits per heavy atom. The fraction of sp³-hybridized carbons (Fsp3) is 0.688. The van der Waals surface area contributed by atoms with Gasteiger partial charge in [0, 0.05) is 48.0 Å². The van der Waals surface area contributed by atoms with E-state index in [-0.39, 0.29) is 29.1 Å². The van der Waals surface area contributed by atoms with E-state index in [1.807, 2.05) is 0 Å². The van der Waals surface area contributed by atoms with E-state index in [4.69, 9.17) is 0 Å². The molecule has 1 N–H and O–H groups in total. The first-order valence-corrected chi connectivity index (χ1v) is 7.54. The zero-order valence-electron chi connectivity index (χ0n) is 11.4. The molecule has 1 spiro atoms. The summed E-state index contributed by atoms with van der Waals surface area (Å²) in [7, 11) is 0. The van der Waals surface area contributed by atoms with Gasteiger partial charge in [0.1, 0.15) is 0 Å². The van der Waals surface area contributed by atoms with Gasteiger partial charge in [-0.05, 0) is 19.3 Å². The van der Waals surface area contributed by atoms with Gasteiger partial charge in [-0.3, -0.25) is 4.79 Å². The number of piperidine rings is 1. The highest BCUT2D eigenvalue weighted by Crippen LogP contribution is 2.61. The number of rotatable bonds is 0. The number of hydrogen-bond donors (Lipinski definition) is 1. The van der Waals surface area contributed by atoms with Gasteiger partial charge in [0.15, 0.2) is 5.78 Å². The van der Waals surface area contributed by atoms with E-state index in [1.54, 1.807) is 0 Å². The highest BCUT2D eigenvalue weighted by atomic mass is 16.3. The van der Waals surface area contributed by atoms with Gasteiger partial charge < -0.3 is 10.0 Å². The predicted octanol–water partition coefficient (Wildman–Crippen LogP) is 1.88. The highest BCUT2D eigenvalue weighted by molar-refractivity contribution is 6.00. The van der Waals surface area contributed by atoms with E-state index in [9.17, 15) is 9.90 Å². The Hall–Kier alpha value is -1.09. The van der Waals surface area contributed by atoms with E-state index in [0.29, 0.717) is 6.42 Å². The molecule has 1 saturated carbocycles. The minimum absolute atomic E-state index is 0.113. The molecule has 3 heteroatoms. The van der Waals surface area contributed by atoms with Crippen LogP contribution >= 0.6 is 0 Å². The van der Waals surface area contributed by atoms with Crippen LogP contribution in [0.1, 0.15) is 32.6 Å². The molecule has 2 aliphatic carbocycles. The second-order valence-corrected chi connectivity index (χ2v) is 6.60. The first-order chi connectivity index (χ1) is 9.14. The first kappa shape index (κ1) is 11.7. The molecule has 0 amide bonds.